The van der Waals surface area contributed by atoms with Crippen molar-refractivity contribution in [2.45, 2.75) is 12.5 Å². The molecule has 0 bridgehead atoms. The molecule has 2 aliphatic rings. The van der Waals surface area contributed by atoms with Gasteiger partial charge in [-0.25, -0.2) is 0 Å². The molecule has 8 heteroatoms. The van der Waals surface area contributed by atoms with Gasteiger partial charge in [0.05, 0.1) is 11.7 Å². The number of carbonyl (C=O) groups excluding carboxylic acids is 1. The standard InChI is InChI=1S/C29H32N4O2.2ClH/c1-35-30-27-25-15-8-9-16-26(25)33(29(27)34)18-10-17-31-19-21-32(22-20-31)28(23-11-4-2-5-12-23)24-13-6-3-7-14-24;;/h2-9,11-16,28H,10,17-22H2,1H3;2*1H. The molecule has 3 aromatic rings. The molecular formula is C29H34Cl2N4O2. The molecule has 0 aromatic heterocycles. The molecule has 6 nitrogen and oxygen atoms in total. The maximum absolute atomic E-state index is 12.9. The Hall–Kier alpha value is -2.90. The van der Waals surface area contributed by atoms with Crippen molar-refractivity contribution in [1.29, 1.82) is 0 Å². The number of nitrogens with zero attached hydrogens (tertiary/aromatic N) is 4. The number of amides is 1. The van der Waals surface area contributed by atoms with Crippen LogP contribution >= 0.6 is 24.8 Å². The summed E-state index contributed by atoms with van der Waals surface area (Å²) < 4.78 is 0. The summed E-state index contributed by atoms with van der Waals surface area (Å²) in [7, 11) is 1.48. The first-order chi connectivity index (χ1) is 17.3. The second kappa shape index (κ2) is 13.6. The summed E-state index contributed by atoms with van der Waals surface area (Å²) in [5, 5.41) is 3.98. The molecule has 0 spiro atoms. The fraction of sp³-hybridized carbons (Fsp3) is 0.310. The van der Waals surface area contributed by atoms with E-state index in [-0.39, 0.29) is 36.8 Å². The Labute approximate surface area is 231 Å². The Kier molecular flexibility index (Phi) is 10.5. The number of piperazine rings is 1. The monoisotopic (exact) mass is 540 g/mol. The van der Waals surface area contributed by atoms with Crippen LogP contribution < -0.4 is 4.90 Å². The normalized spacial score (nSPS) is 16.9. The summed E-state index contributed by atoms with van der Waals surface area (Å²) in [5.74, 6) is -0.0774. The molecule has 2 heterocycles. The smallest absolute Gasteiger partial charge is 0.281 e. The van der Waals surface area contributed by atoms with Crippen LogP contribution in [0.3, 0.4) is 0 Å². The van der Waals surface area contributed by atoms with Crippen LogP contribution in [0.25, 0.3) is 0 Å². The van der Waals surface area contributed by atoms with Crippen LogP contribution in [0, 0.1) is 0 Å². The number of para-hydroxylation sites is 1. The number of fused-ring (bicyclic) bond motifs is 1. The summed E-state index contributed by atoms with van der Waals surface area (Å²) in [5.41, 5.74) is 4.84. The molecule has 5 rings (SSSR count). The van der Waals surface area contributed by atoms with Gasteiger partial charge in [0, 0.05) is 38.3 Å². The van der Waals surface area contributed by atoms with Gasteiger partial charge < -0.3 is 14.6 Å². The van der Waals surface area contributed by atoms with Crippen LogP contribution in [0.4, 0.5) is 5.69 Å². The number of hydrogen-bond donors (Lipinski definition) is 0. The molecule has 0 N–H and O–H groups in total. The first kappa shape index (κ1) is 28.7. The zero-order valence-electron chi connectivity index (χ0n) is 21.0. The summed E-state index contributed by atoms with van der Waals surface area (Å²) in [6, 6.07) is 29.7. The summed E-state index contributed by atoms with van der Waals surface area (Å²) in [6.07, 6.45) is 0.918. The highest BCUT2D eigenvalue weighted by Gasteiger charge is 2.34. The zero-order valence-corrected chi connectivity index (χ0v) is 22.7. The largest absolute Gasteiger partial charge is 0.398 e. The maximum Gasteiger partial charge on any atom is 0.281 e. The number of halogens is 2. The molecule has 0 aliphatic carbocycles. The van der Waals surface area contributed by atoms with Crippen LogP contribution in [-0.4, -0.2) is 67.8 Å². The van der Waals surface area contributed by atoms with Crippen molar-refractivity contribution < 1.29 is 9.63 Å². The fourth-order valence-corrected chi connectivity index (χ4v) is 5.25. The summed E-state index contributed by atoms with van der Waals surface area (Å²) in [6.45, 7) is 5.73. The molecule has 1 fully saturated rings. The molecule has 0 unspecified atom stereocenters. The third-order valence-corrected chi connectivity index (χ3v) is 6.94. The molecule has 196 valence electrons. The number of anilines is 1. The van der Waals surface area contributed by atoms with Crippen molar-refractivity contribution >= 4 is 42.1 Å². The minimum Gasteiger partial charge on any atom is -0.398 e. The van der Waals surface area contributed by atoms with E-state index in [2.05, 4.69) is 75.6 Å². The van der Waals surface area contributed by atoms with Gasteiger partial charge in [0.1, 0.15) is 7.11 Å². The molecule has 2 aliphatic heterocycles. The zero-order chi connectivity index (χ0) is 24.0. The summed E-state index contributed by atoms with van der Waals surface area (Å²) >= 11 is 0. The van der Waals surface area contributed by atoms with Crippen LogP contribution in [-0.2, 0) is 9.63 Å². The topological polar surface area (TPSA) is 48.4 Å². The van der Waals surface area contributed by atoms with E-state index in [1.165, 1.54) is 18.2 Å². The maximum atomic E-state index is 12.9. The van der Waals surface area contributed by atoms with Gasteiger partial charge in [-0.3, -0.25) is 9.69 Å². The third-order valence-electron chi connectivity index (χ3n) is 6.94. The number of hydrogen-bond acceptors (Lipinski definition) is 5. The number of rotatable bonds is 8. The quantitative estimate of drug-likeness (QED) is 0.376. The first-order valence-electron chi connectivity index (χ1n) is 12.3. The molecular weight excluding hydrogens is 507 g/mol. The molecule has 0 atom stereocenters. The van der Waals surface area contributed by atoms with E-state index in [1.54, 1.807) is 0 Å². The number of benzene rings is 3. The van der Waals surface area contributed by atoms with Crippen molar-refractivity contribution in [1.82, 2.24) is 9.80 Å². The highest BCUT2D eigenvalue weighted by molar-refractivity contribution is 6.54. The molecule has 1 amide bonds. The third kappa shape index (κ3) is 6.33. The van der Waals surface area contributed by atoms with E-state index < -0.39 is 0 Å². The van der Waals surface area contributed by atoms with Gasteiger partial charge >= 0.3 is 0 Å². The van der Waals surface area contributed by atoms with Gasteiger partial charge in [0.15, 0.2) is 5.71 Å². The van der Waals surface area contributed by atoms with Crippen molar-refractivity contribution in [2.24, 2.45) is 5.16 Å². The van der Waals surface area contributed by atoms with Gasteiger partial charge in [-0.05, 0) is 30.2 Å². The van der Waals surface area contributed by atoms with Crippen LogP contribution in [0.5, 0.6) is 0 Å². The number of carbonyl (C=O) groups is 1. The number of oxime groups is 1. The van der Waals surface area contributed by atoms with Gasteiger partial charge in [0.25, 0.3) is 5.91 Å². The van der Waals surface area contributed by atoms with E-state index in [4.69, 9.17) is 4.84 Å². The fourth-order valence-electron chi connectivity index (χ4n) is 5.25. The Morgan fingerprint density at radius 2 is 1.35 bits per heavy atom. The molecule has 1 saturated heterocycles. The predicted octanol–water partition coefficient (Wildman–Crippen LogP) is 5.02. The van der Waals surface area contributed by atoms with Crippen molar-refractivity contribution in [3.63, 3.8) is 0 Å². The van der Waals surface area contributed by atoms with Crippen molar-refractivity contribution in [2.75, 3.05) is 51.3 Å². The van der Waals surface area contributed by atoms with E-state index in [0.29, 0.717) is 12.3 Å². The first-order valence-corrected chi connectivity index (χ1v) is 12.3. The second-order valence-corrected chi connectivity index (χ2v) is 9.05. The molecule has 3 aromatic carbocycles. The van der Waals surface area contributed by atoms with Crippen LogP contribution in [0.1, 0.15) is 29.2 Å². The van der Waals surface area contributed by atoms with Gasteiger partial charge in [-0.15, -0.1) is 24.8 Å². The second-order valence-electron chi connectivity index (χ2n) is 9.05. The lowest BCUT2D eigenvalue weighted by atomic mass is 9.96. The highest BCUT2D eigenvalue weighted by atomic mass is 35.5. The Morgan fingerprint density at radius 1 is 0.784 bits per heavy atom. The Bertz CT molecular complexity index is 1130. The lowest BCUT2D eigenvalue weighted by Crippen LogP contribution is -2.48. The van der Waals surface area contributed by atoms with E-state index in [1.807, 2.05) is 29.2 Å². The minimum absolute atomic E-state index is 0. The van der Waals surface area contributed by atoms with Crippen molar-refractivity contribution in [3.8, 4) is 0 Å². The minimum atomic E-state index is -0.0774. The van der Waals surface area contributed by atoms with Gasteiger partial charge in [-0.2, -0.15) is 0 Å². The predicted molar refractivity (Wildman–Crippen MR) is 154 cm³/mol. The Balaban J connectivity index is 0.00000190. The average Bonchev–Trinajstić information content (AvgIpc) is 3.17. The molecule has 0 saturated carbocycles. The van der Waals surface area contributed by atoms with Crippen LogP contribution in [0.2, 0.25) is 0 Å². The lowest BCUT2D eigenvalue weighted by molar-refractivity contribution is -0.112. The Morgan fingerprint density at radius 3 is 1.95 bits per heavy atom. The van der Waals surface area contributed by atoms with E-state index >= 15 is 0 Å². The van der Waals surface area contributed by atoms with Crippen LogP contribution in [0.15, 0.2) is 90.1 Å². The van der Waals surface area contributed by atoms with Gasteiger partial charge in [-0.1, -0.05) is 84.0 Å². The summed E-state index contributed by atoms with van der Waals surface area (Å²) in [4.78, 5) is 24.8. The lowest BCUT2D eigenvalue weighted by Gasteiger charge is -2.40. The van der Waals surface area contributed by atoms with E-state index in [9.17, 15) is 4.79 Å². The average molecular weight is 542 g/mol. The SMILES string of the molecule is CON=C1C(=O)N(CCCN2CCN(C(c3ccccc3)c3ccccc3)CC2)c2ccccc21.Cl.Cl. The molecule has 0 radical (unpaired) electrons. The highest BCUT2D eigenvalue weighted by Crippen LogP contribution is 2.31. The molecule has 37 heavy (non-hydrogen) atoms. The van der Waals surface area contributed by atoms with Crippen molar-refractivity contribution in [3.05, 3.63) is 102 Å². The van der Waals surface area contributed by atoms with Gasteiger partial charge in [0.2, 0.25) is 0 Å². The van der Waals surface area contributed by atoms with E-state index in [0.717, 1.165) is 50.4 Å².